The Labute approximate surface area is 124 Å². The molecule has 0 atom stereocenters. The molecule has 2 N–H and O–H groups in total. The van der Waals surface area contributed by atoms with Crippen LogP contribution in [0.4, 0.5) is 0 Å². The molecule has 1 aliphatic heterocycles. The van der Waals surface area contributed by atoms with E-state index in [4.69, 9.17) is 5.11 Å². The maximum atomic E-state index is 12.1. The lowest BCUT2D eigenvalue weighted by atomic mass is 10.1. The molecule has 0 saturated carbocycles. The van der Waals surface area contributed by atoms with E-state index >= 15 is 0 Å². The van der Waals surface area contributed by atoms with E-state index in [1.165, 1.54) is 24.3 Å². The summed E-state index contributed by atoms with van der Waals surface area (Å²) in [6.07, 6.45) is 1.63. The molecule has 1 aliphatic rings. The number of sulfonamides is 1. The van der Waals surface area contributed by atoms with Crippen molar-refractivity contribution in [1.82, 2.24) is 9.62 Å². The number of nitrogens with one attached hydrogen (secondary N) is 1. The predicted molar refractivity (Wildman–Crippen MR) is 79.7 cm³/mol. The molecule has 0 spiro atoms. The zero-order chi connectivity index (χ0) is 15.5. The average molecular weight is 312 g/mol. The van der Waals surface area contributed by atoms with Gasteiger partial charge in [0.2, 0.25) is 10.0 Å². The maximum Gasteiger partial charge on any atom is 0.335 e. The Morgan fingerprint density at radius 3 is 2.38 bits per heavy atom. The third kappa shape index (κ3) is 4.80. The normalized spacial score (nSPS) is 17.8. The van der Waals surface area contributed by atoms with Crippen LogP contribution in [0.1, 0.15) is 28.8 Å². The van der Waals surface area contributed by atoms with Crippen molar-refractivity contribution >= 4 is 16.0 Å². The van der Waals surface area contributed by atoms with Crippen LogP contribution in [0, 0.1) is 0 Å². The molecule has 116 valence electrons. The molecule has 1 aromatic carbocycles. The van der Waals surface area contributed by atoms with Gasteiger partial charge >= 0.3 is 5.97 Å². The minimum atomic E-state index is -3.40. The van der Waals surface area contributed by atoms with Gasteiger partial charge in [0, 0.05) is 6.04 Å². The van der Waals surface area contributed by atoms with Gasteiger partial charge in [0.25, 0.3) is 0 Å². The van der Waals surface area contributed by atoms with Gasteiger partial charge in [-0.05, 0) is 50.7 Å². The lowest BCUT2D eigenvalue weighted by molar-refractivity contribution is 0.0697. The van der Waals surface area contributed by atoms with Gasteiger partial charge in [-0.1, -0.05) is 12.1 Å². The summed E-state index contributed by atoms with van der Waals surface area (Å²) < 4.78 is 27.0. The van der Waals surface area contributed by atoms with E-state index in [0.717, 1.165) is 25.9 Å². The minimum Gasteiger partial charge on any atom is -0.478 e. The summed E-state index contributed by atoms with van der Waals surface area (Å²) in [7, 11) is -1.38. The lowest BCUT2D eigenvalue weighted by Gasteiger charge is -2.29. The summed E-state index contributed by atoms with van der Waals surface area (Å²) >= 11 is 0. The summed E-state index contributed by atoms with van der Waals surface area (Å²) in [5.41, 5.74) is 0.736. The van der Waals surface area contributed by atoms with Crippen LogP contribution < -0.4 is 4.72 Å². The van der Waals surface area contributed by atoms with Gasteiger partial charge < -0.3 is 10.0 Å². The van der Waals surface area contributed by atoms with Crippen LogP contribution in [-0.2, 0) is 15.8 Å². The van der Waals surface area contributed by atoms with Crippen molar-refractivity contribution in [2.24, 2.45) is 0 Å². The highest BCUT2D eigenvalue weighted by atomic mass is 32.2. The second-order valence-corrected chi connectivity index (χ2v) is 7.21. The first kappa shape index (κ1) is 15.9. The zero-order valence-electron chi connectivity index (χ0n) is 11.9. The summed E-state index contributed by atoms with van der Waals surface area (Å²) in [5.74, 6) is -1.15. The quantitative estimate of drug-likeness (QED) is 0.843. The van der Waals surface area contributed by atoms with Crippen LogP contribution >= 0.6 is 0 Å². The summed E-state index contributed by atoms with van der Waals surface area (Å²) in [6.45, 7) is 1.78. The molecule has 0 unspecified atom stereocenters. The molecule has 6 nitrogen and oxygen atoms in total. The number of aromatic carboxylic acids is 1. The first-order valence-electron chi connectivity index (χ1n) is 6.86. The van der Waals surface area contributed by atoms with Gasteiger partial charge in [-0.15, -0.1) is 0 Å². The van der Waals surface area contributed by atoms with E-state index in [9.17, 15) is 13.2 Å². The molecular formula is C14H20N2O4S. The highest BCUT2D eigenvalue weighted by Gasteiger charge is 2.22. The maximum absolute atomic E-state index is 12.1. The number of likely N-dealkylation sites (tertiary alicyclic amines) is 1. The number of carboxylic acids is 1. The summed E-state index contributed by atoms with van der Waals surface area (Å²) in [6, 6.07) is 5.91. The van der Waals surface area contributed by atoms with E-state index in [1.54, 1.807) is 0 Å². The number of benzene rings is 1. The van der Waals surface area contributed by atoms with Crippen molar-refractivity contribution in [1.29, 1.82) is 0 Å². The SMILES string of the molecule is CN1CCC(NS(=O)(=O)Cc2ccc(C(=O)O)cc2)CC1. The van der Waals surface area contributed by atoms with Gasteiger partial charge in [0.15, 0.2) is 0 Å². The Balaban J connectivity index is 1.95. The monoisotopic (exact) mass is 312 g/mol. The second-order valence-electron chi connectivity index (χ2n) is 5.46. The molecule has 1 saturated heterocycles. The van der Waals surface area contributed by atoms with Gasteiger partial charge in [0.1, 0.15) is 0 Å². The first-order chi connectivity index (χ1) is 9.85. The summed E-state index contributed by atoms with van der Waals surface area (Å²) in [5, 5.41) is 8.81. The fraction of sp³-hybridized carbons (Fsp3) is 0.500. The van der Waals surface area contributed by atoms with Crippen molar-refractivity contribution in [3.05, 3.63) is 35.4 Å². The predicted octanol–water partition coefficient (Wildman–Crippen LogP) is 0.898. The van der Waals surface area contributed by atoms with Crippen LogP contribution in [0.2, 0.25) is 0 Å². The fourth-order valence-electron chi connectivity index (χ4n) is 2.39. The number of hydrogen-bond donors (Lipinski definition) is 2. The third-order valence-electron chi connectivity index (χ3n) is 3.62. The topological polar surface area (TPSA) is 86.7 Å². The number of nitrogens with zero attached hydrogens (tertiary/aromatic N) is 1. The molecule has 21 heavy (non-hydrogen) atoms. The van der Waals surface area contributed by atoms with Crippen LogP contribution in [0.3, 0.4) is 0 Å². The van der Waals surface area contributed by atoms with E-state index in [0.29, 0.717) is 5.56 Å². The van der Waals surface area contributed by atoms with Crippen molar-refractivity contribution in [2.45, 2.75) is 24.6 Å². The highest BCUT2D eigenvalue weighted by Crippen LogP contribution is 2.12. The molecule has 0 amide bonds. The number of hydrogen-bond acceptors (Lipinski definition) is 4. The highest BCUT2D eigenvalue weighted by molar-refractivity contribution is 7.88. The fourth-order valence-corrected chi connectivity index (χ4v) is 3.84. The number of rotatable bonds is 5. The Bertz CT molecular complexity index is 590. The van der Waals surface area contributed by atoms with Crippen LogP contribution in [0.15, 0.2) is 24.3 Å². The molecular weight excluding hydrogens is 292 g/mol. The Morgan fingerprint density at radius 1 is 1.29 bits per heavy atom. The Kier molecular flexibility index (Phi) is 4.97. The molecule has 1 aromatic rings. The van der Waals surface area contributed by atoms with Crippen molar-refractivity contribution in [3.63, 3.8) is 0 Å². The standard InChI is InChI=1S/C14H20N2O4S/c1-16-8-6-13(7-9-16)15-21(19,20)10-11-2-4-12(5-3-11)14(17)18/h2-5,13,15H,6-10H2,1H3,(H,17,18). The molecule has 7 heteroatoms. The van der Waals surface area contributed by atoms with Crippen LogP contribution in [0.5, 0.6) is 0 Å². The number of piperidine rings is 1. The molecule has 0 radical (unpaired) electrons. The van der Waals surface area contributed by atoms with E-state index < -0.39 is 16.0 Å². The van der Waals surface area contributed by atoms with Gasteiger partial charge in [0.05, 0.1) is 11.3 Å². The van der Waals surface area contributed by atoms with E-state index in [-0.39, 0.29) is 17.4 Å². The van der Waals surface area contributed by atoms with Crippen LogP contribution in [-0.4, -0.2) is 50.6 Å². The Hall–Kier alpha value is -1.44. The number of carboxylic acid groups (broad SMARTS) is 1. The van der Waals surface area contributed by atoms with E-state index in [2.05, 4.69) is 9.62 Å². The molecule has 1 heterocycles. The molecule has 1 fully saturated rings. The Morgan fingerprint density at radius 2 is 1.86 bits per heavy atom. The van der Waals surface area contributed by atoms with Crippen molar-refractivity contribution < 1.29 is 18.3 Å². The van der Waals surface area contributed by atoms with Gasteiger partial charge in [-0.3, -0.25) is 0 Å². The molecule has 0 aromatic heterocycles. The smallest absolute Gasteiger partial charge is 0.335 e. The zero-order valence-corrected chi connectivity index (χ0v) is 12.8. The first-order valence-corrected chi connectivity index (χ1v) is 8.52. The minimum absolute atomic E-state index is 0.00973. The lowest BCUT2D eigenvalue weighted by Crippen LogP contribution is -2.43. The van der Waals surface area contributed by atoms with Gasteiger partial charge in [-0.25, -0.2) is 17.9 Å². The summed E-state index contributed by atoms with van der Waals surface area (Å²) in [4.78, 5) is 12.9. The second kappa shape index (κ2) is 6.55. The molecule has 2 rings (SSSR count). The molecule has 0 bridgehead atoms. The number of carbonyl (C=O) groups is 1. The van der Waals surface area contributed by atoms with Crippen LogP contribution in [0.25, 0.3) is 0 Å². The molecule has 0 aliphatic carbocycles. The largest absolute Gasteiger partial charge is 0.478 e. The third-order valence-corrected chi connectivity index (χ3v) is 5.03. The van der Waals surface area contributed by atoms with Gasteiger partial charge in [-0.2, -0.15) is 0 Å². The van der Waals surface area contributed by atoms with E-state index in [1.807, 2.05) is 7.05 Å². The average Bonchev–Trinajstić information content (AvgIpc) is 2.41. The van der Waals surface area contributed by atoms with Crippen molar-refractivity contribution in [3.8, 4) is 0 Å². The van der Waals surface area contributed by atoms with Crippen molar-refractivity contribution in [2.75, 3.05) is 20.1 Å².